The topological polar surface area (TPSA) is 92.8 Å². The molecule has 0 radical (unpaired) electrons. The van der Waals surface area contributed by atoms with Crippen LogP contribution in [-0.2, 0) is 0 Å². The van der Waals surface area contributed by atoms with E-state index in [1.165, 1.54) is 5.56 Å². The number of hydrogen-bond acceptors (Lipinski definition) is 5. The number of aryl methyl sites for hydroxylation is 1. The smallest absolute Gasteiger partial charge is 0.293 e. The number of carbonyl (C=O) groups excluding carboxylic acids is 1. The third kappa shape index (κ3) is 3.77. The summed E-state index contributed by atoms with van der Waals surface area (Å²) in [5, 5.41) is 15.5. The Kier molecular flexibility index (Phi) is 4.07. The fourth-order valence-corrected chi connectivity index (χ4v) is 1.44. The second-order valence-electron chi connectivity index (χ2n) is 4.23. The maximum Gasteiger partial charge on any atom is 0.293 e. The van der Waals surface area contributed by atoms with E-state index in [0.717, 1.165) is 5.75 Å². The van der Waals surface area contributed by atoms with Gasteiger partial charge < -0.3 is 10.1 Å². The largest absolute Gasteiger partial charge is 0.491 e. The van der Waals surface area contributed by atoms with Gasteiger partial charge in [-0.2, -0.15) is 5.21 Å². The number of hydrogen-bond donors (Lipinski definition) is 2. The Hall–Kier alpha value is -2.44. The summed E-state index contributed by atoms with van der Waals surface area (Å²) in [6.07, 6.45) is 0. The number of nitrogens with one attached hydrogen (secondary N) is 2. The Balaban J connectivity index is 1.80. The lowest BCUT2D eigenvalue weighted by atomic mass is 10.2. The summed E-state index contributed by atoms with van der Waals surface area (Å²) < 4.78 is 5.56. The molecule has 1 amide bonds. The minimum atomic E-state index is -0.381. The molecular weight excluding hydrogens is 246 g/mol. The van der Waals surface area contributed by atoms with E-state index in [0.29, 0.717) is 6.61 Å². The summed E-state index contributed by atoms with van der Waals surface area (Å²) in [7, 11) is 0. The molecule has 7 heteroatoms. The van der Waals surface area contributed by atoms with Crippen molar-refractivity contribution < 1.29 is 9.53 Å². The van der Waals surface area contributed by atoms with Crippen molar-refractivity contribution in [2.24, 2.45) is 0 Å². The van der Waals surface area contributed by atoms with Gasteiger partial charge in [0.25, 0.3) is 11.7 Å². The van der Waals surface area contributed by atoms with E-state index in [4.69, 9.17) is 4.74 Å². The van der Waals surface area contributed by atoms with Crippen LogP contribution in [0.1, 0.15) is 23.1 Å². The molecule has 1 aromatic carbocycles. The van der Waals surface area contributed by atoms with Crippen LogP contribution in [0.25, 0.3) is 0 Å². The zero-order valence-corrected chi connectivity index (χ0v) is 10.8. The zero-order chi connectivity index (χ0) is 13.7. The fraction of sp³-hybridized carbons (Fsp3) is 0.333. The number of benzene rings is 1. The normalized spacial score (nSPS) is 11.9. The van der Waals surface area contributed by atoms with Crippen LogP contribution in [-0.4, -0.2) is 39.2 Å². The molecule has 1 heterocycles. The first kappa shape index (κ1) is 13.0. The molecule has 19 heavy (non-hydrogen) atoms. The molecule has 0 spiro atoms. The lowest BCUT2D eigenvalue weighted by Crippen LogP contribution is -2.37. The van der Waals surface area contributed by atoms with E-state index in [1.807, 2.05) is 38.1 Å². The van der Waals surface area contributed by atoms with Crippen molar-refractivity contribution in [2.45, 2.75) is 19.9 Å². The predicted molar refractivity (Wildman–Crippen MR) is 67.8 cm³/mol. The van der Waals surface area contributed by atoms with Crippen LogP contribution in [0.2, 0.25) is 0 Å². The standard InChI is InChI=1S/C12H15N5O2/c1-8-3-5-10(6-4-8)19-7-9(2)13-12(18)11-14-16-17-15-11/h3-6,9H,7H2,1-2H3,(H,13,18)(H,14,15,16,17). The highest BCUT2D eigenvalue weighted by molar-refractivity contribution is 5.90. The Bertz CT molecular complexity index is 524. The maximum absolute atomic E-state index is 11.6. The van der Waals surface area contributed by atoms with Gasteiger partial charge >= 0.3 is 0 Å². The molecule has 0 bridgehead atoms. The molecule has 1 unspecified atom stereocenters. The van der Waals surface area contributed by atoms with Gasteiger partial charge in [0, 0.05) is 0 Å². The molecule has 0 aliphatic rings. The first-order valence-electron chi connectivity index (χ1n) is 5.89. The number of amides is 1. The highest BCUT2D eigenvalue weighted by Crippen LogP contribution is 2.11. The summed E-state index contributed by atoms with van der Waals surface area (Å²) in [4.78, 5) is 11.6. The van der Waals surface area contributed by atoms with E-state index < -0.39 is 0 Å². The van der Waals surface area contributed by atoms with Crippen LogP contribution in [0, 0.1) is 6.92 Å². The minimum Gasteiger partial charge on any atom is -0.491 e. The minimum absolute atomic E-state index is 0.0159. The van der Waals surface area contributed by atoms with E-state index in [2.05, 4.69) is 25.9 Å². The number of nitrogens with zero attached hydrogens (tertiary/aromatic N) is 3. The van der Waals surface area contributed by atoms with E-state index >= 15 is 0 Å². The number of ether oxygens (including phenoxy) is 1. The second kappa shape index (κ2) is 5.94. The Morgan fingerprint density at radius 3 is 2.79 bits per heavy atom. The highest BCUT2D eigenvalue weighted by atomic mass is 16.5. The van der Waals surface area contributed by atoms with Crippen LogP contribution in [0.3, 0.4) is 0 Å². The van der Waals surface area contributed by atoms with Gasteiger partial charge in [-0.25, -0.2) is 0 Å². The maximum atomic E-state index is 11.6. The van der Waals surface area contributed by atoms with Gasteiger partial charge in [0.1, 0.15) is 12.4 Å². The Morgan fingerprint density at radius 2 is 2.16 bits per heavy atom. The number of rotatable bonds is 5. The van der Waals surface area contributed by atoms with Crippen molar-refractivity contribution >= 4 is 5.91 Å². The lowest BCUT2D eigenvalue weighted by Gasteiger charge is -2.13. The van der Waals surface area contributed by atoms with E-state index in [-0.39, 0.29) is 17.8 Å². The number of aromatic nitrogens is 4. The van der Waals surface area contributed by atoms with Crippen molar-refractivity contribution in [1.29, 1.82) is 0 Å². The van der Waals surface area contributed by atoms with Gasteiger partial charge in [-0.3, -0.25) is 4.79 Å². The molecule has 1 atom stereocenters. The molecule has 2 rings (SSSR count). The van der Waals surface area contributed by atoms with Gasteiger partial charge in [0.15, 0.2) is 0 Å². The van der Waals surface area contributed by atoms with Gasteiger partial charge in [-0.1, -0.05) is 17.7 Å². The van der Waals surface area contributed by atoms with Crippen LogP contribution >= 0.6 is 0 Å². The summed E-state index contributed by atoms with van der Waals surface area (Å²) in [6, 6.07) is 7.56. The third-order valence-corrected chi connectivity index (χ3v) is 2.45. The van der Waals surface area contributed by atoms with Crippen molar-refractivity contribution in [1.82, 2.24) is 25.9 Å². The highest BCUT2D eigenvalue weighted by Gasteiger charge is 2.13. The van der Waals surface area contributed by atoms with E-state index in [9.17, 15) is 4.79 Å². The SMILES string of the molecule is Cc1ccc(OCC(C)NC(=O)c2nn[nH]n2)cc1. The number of carbonyl (C=O) groups is 1. The van der Waals surface area contributed by atoms with Crippen LogP contribution in [0.5, 0.6) is 5.75 Å². The van der Waals surface area contributed by atoms with Crippen molar-refractivity contribution in [3.63, 3.8) is 0 Å². The van der Waals surface area contributed by atoms with Gasteiger partial charge in [0.2, 0.25) is 0 Å². The van der Waals surface area contributed by atoms with Crippen LogP contribution in [0.4, 0.5) is 0 Å². The number of H-pyrrole nitrogens is 1. The molecule has 100 valence electrons. The Morgan fingerprint density at radius 1 is 1.42 bits per heavy atom. The number of tetrazole rings is 1. The molecule has 0 saturated carbocycles. The fourth-order valence-electron chi connectivity index (χ4n) is 1.44. The van der Waals surface area contributed by atoms with Crippen molar-refractivity contribution in [3.05, 3.63) is 35.7 Å². The van der Waals surface area contributed by atoms with Gasteiger partial charge in [-0.15, -0.1) is 10.2 Å². The molecule has 2 N–H and O–H groups in total. The van der Waals surface area contributed by atoms with E-state index in [1.54, 1.807) is 0 Å². The molecule has 1 aromatic heterocycles. The number of aromatic amines is 1. The third-order valence-electron chi connectivity index (χ3n) is 2.45. The van der Waals surface area contributed by atoms with Crippen molar-refractivity contribution in [2.75, 3.05) is 6.61 Å². The van der Waals surface area contributed by atoms with Crippen molar-refractivity contribution in [3.8, 4) is 5.75 Å². The molecule has 0 fully saturated rings. The zero-order valence-electron chi connectivity index (χ0n) is 10.8. The molecule has 0 aliphatic carbocycles. The van der Waals surface area contributed by atoms with Crippen LogP contribution in [0.15, 0.2) is 24.3 Å². The molecule has 0 saturated heterocycles. The monoisotopic (exact) mass is 261 g/mol. The molecule has 0 aliphatic heterocycles. The van der Waals surface area contributed by atoms with Crippen LogP contribution < -0.4 is 10.1 Å². The molecule has 7 nitrogen and oxygen atoms in total. The summed E-state index contributed by atoms with van der Waals surface area (Å²) in [5.41, 5.74) is 1.17. The average molecular weight is 261 g/mol. The quantitative estimate of drug-likeness (QED) is 0.826. The predicted octanol–water partition coefficient (Wildman–Crippen LogP) is 0.705. The lowest BCUT2D eigenvalue weighted by molar-refractivity contribution is 0.0916. The van der Waals surface area contributed by atoms with Gasteiger partial charge in [0.05, 0.1) is 6.04 Å². The molecular formula is C12H15N5O2. The molecule has 2 aromatic rings. The average Bonchev–Trinajstić information content (AvgIpc) is 2.92. The first-order chi connectivity index (χ1) is 9.15. The first-order valence-corrected chi connectivity index (χ1v) is 5.89. The summed E-state index contributed by atoms with van der Waals surface area (Å²) in [6.45, 7) is 4.22. The second-order valence-corrected chi connectivity index (χ2v) is 4.23. The van der Waals surface area contributed by atoms with Gasteiger partial charge in [-0.05, 0) is 31.2 Å². The summed E-state index contributed by atoms with van der Waals surface area (Å²) >= 11 is 0. The summed E-state index contributed by atoms with van der Waals surface area (Å²) in [5.74, 6) is 0.405. The Labute approximate surface area is 110 Å².